The first-order valence-corrected chi connectivity index (χ1v) is 9.46. The number of aliphatic imine (C=N–C) groups is 1. The molecule has 0 saturated carbocycles. The summed E-state index contributed by atoms with van der Waals surface area (Å²) >= 11 is 0. The molecule has 1 heterocycles. The van der Waals surface area contributed by atoms with Crippen molar-refractivity contribution >= 4 is 29.9 Å². The van der Waals surface area contributed by atoms with Gasteiger partial charge in [-0.25, -0.2) is 0 Å². The van der Waals surface area contributed by atoms with Crippen LogP contribution in [0.4, 0.5) is 13.2 Å². The van der Waals surface area contributed by atoms with Crippen LogP contribution >= 0.6 is 24.0 Å². The molecule has 0 amide bonds. The molecule has 0 radical (unpaired) electrons. The zero-order chi connectivity index (χ0) is 20.7. The van der Waals surface area contributed by atoms with Gasteiger partial charge in [-0.15, -0.1) is 24.0 Å². The predicted octanol–water partition coefficient (Wildman–Crippen LogP) is 3.10. The van der Waals surface area contributed by atoms with Crippen LogP contribution in [0.3, 0.4) is 0 Å². The van der Waals surface area contributed by atoms with Gasteiger partial charge < -0.3 is 20.1 Å². The summed E-state index contributed by atoms with van der Waals surface area (Å²) in [6.45, 7) is 5.91. The number of methoxy groups -OCH3 is 1. The van der Waals surface area contributed by atoms with Crippen molar-refractivity contribution in [1.82, 2.24) is 15.1 Å². The molecule has 1 aliphatic rings. The third-order valence-corrected chi connectivity index (χ3v) is 4.92. The number of aromatic hydroxyl groups is 1. The molecule has 10 heteroatoms. The van der Waals surface area contributed by atoms with Gasteiger partial charge in [0.25, 0.3) is 0 Å². The fraction of sp³-hybridized carbons (Fsp3) is 0.632. The molecule has 0 aliphatic carbocycles. The number of rotatable bonds is 6. The molecule has 0 bridgehead atoms. The summed E-state index contributed by atoms with van der Waals surface area (Å²) in [6.07, 6.45) is -3.68. The van der Waals surface area contributed by atoms with Gasteiger partial charge in [0.15, 0.2) is 17.5 Å². The monoisotopic (exact) mass is 530 g/mol. The highest BCUT2D eigenvalue weighted by molar-refractivity contribution is 14.0. The van der Waals surface area contributed by atoms with Crippen LogP contribution in [-0.4, -0.2) is 79.5 Å². The minimum absolute atomic E-state index is 0. The fourth-order valence-electron chi connectivity index (χ4n) is 3.17. The Kier molecular flexibility index (Phi) is 10.3. The number of alkyl halides is 3. The highest BCUT2D eigenvalue weighted by Gasteiger charge is 2.41. The van der Waals surface area contributed by atoms with Gasteiger partial charge in [0.1, 0.15) is 6.04 Å². The third-order valence-electron chi connectivity index (χ3n) is 4.92. The van der Waals surface area contributed by atoms with Crippen molar-refractivity contribution in [3.8, 4) is 11.5 Å². The lowest BCUT2D eigenvalue weighted by Gasteiger charge is -2.39. The van der Waals surface area contributed by atoms with Crippen molar-refractivity contribution in [1.29, 1.82) is 0 Å². The van der Waals surface area contributed by atoms with Crippen LogP contribution in [0.25, 0.3) is 0 Å². The Morgan fingerprint density at radius 3 is 2.48 bits per heavy atom. The number of ether oxygens (including phenoxy) is 1. The molecule has 0 spiro atoms. The molecule has 1 saturated heterocycles. The number of phenolic OH excluding ortho intramolecular Hbond substituents is 1. The van der Waals surface area contributed by atoms with E-state index in [2.05, 4.69) is 10.3 Å². The van der Waals surface area contributed by atoms with Crippen molar-refractivity contribution in [2.75, 3.05) is 46.4 Å². The Morgan fingerprint density at radius 1 is 1.28 bits per heavy atom. The number of phenols is 1. The van der Waals surface area contributed by atoms with E-state index in [4.69, 9.17) is 4.74 Å². The van der Waals surface area contributed by atoms with Gasteiger partial charge in [0.05, 0.1) is 7.11 Å². The molecule has 1 unspecified atom stereocenters. The summed E-state index contributed by atoms with van der Waals surface area (Å²) < 4.78 is 43.8. The number of hydrogen-bond donors (Lipinski definition) is 2. The van der Waals surface area contributed by atoms with Crippen LogP contribution in [0.1, 0.15) is 19.4 Å². The number of benzene rings is 1. The lowest BCUT2D eigenvalue weighted by atomic mass is 10.1. The highest BCUT2D eigenvalue weighted by Crippen LogP contribution is 2.29. The molecule has 29 heavy (non-hydrogen) atoms. The van der Waals surface area contributed by atoms with Crippen molar-refractivity contribution in [2.45, 2.75) is 32.5 Å². The van der Waals surface area contributed by atoms with Gasteiger partial charge in [-0.05, 0) is 31.9 Å². The summed E-state index contributed by atoms with van der Waals surface area (Å²) in [5, 5.41) is 13.4. The topological polar surface area (TPSA) is 60.3 Å². The van der Waals surface area contributed by atoms with E-state index in [9.17, 15) is 18.3 Å². The van der Waals surface area contributed by atoms with Crippen molar-refractivity contribution in [3.63, 3.8) is 0 Å². The van der Waals surface area contributed by atoms with E-state index in [0.717, 1.165) is 5.56 Å². The van der Waals surface area contributed by atoms with E-state index < -0.39 is 12.2 Å². The molecule has 2 rings (SSSR count). The maximum absolute atomic E-state index is 12.9. The lowest BCUT2D eigenvalue weighted by molar-refractivity contribution is -0.181. The van der Waals surface area contributed by atoms with Crippen molar-refractivity contribution in [3.05, 3.63) is 23.8 Å². The van der Waals surface area contributed by atoms with E-state index in [-0.39, 0.29) is 29.7 Å². The average Bonchev–Trinajstić information content (AvgIpc) is 2.67. The average molecular weight is 530 g/mol. The van der Waals surface area contributed by atoms with Crippen LogP contribution in [-0.2, 0) is 6.42 Å². The molecule has 1 aromatic carbocycles. The summed E-state index contributed by atoms with van der Waals surface area (Å²) in [5.74, 6) is 1.22. The van der Waals surface area contributed by atoms with Gasteiger partial charge >= 0.3 is 6.18 Å². The number of nitrogens with zero attached hydrogens (tertiary/aromatic N) is 3. The van der Waals surface area contributed by atoms with Gasteiger partial charge in [-0.3, -0.25) is 9.89 Å². The van der Waals surface area contributed by atoms with Crippen LogP contribution < -0.4 is 10.1 Å². The summed E-state index contributed by atoms with van der Waals surface area (Å²) in [5.41, 5.74) is 0.739. The second kappa shape index (κ2) is 11.7. The normalized spacial score (nSPS) is 16.9. The zero-order valence-electron chi connectivity index (χ0n) is 17.0. The summed E-state index contributed by atoms with van der Waals surface area (Å²) in [7, 11) is 1.50. The van der Waals surface area contributed by atoms with Crippen LogP contribution in [0, 0.1) is 0 Å². The molecular weight excluding hydrogens is 500 g/mol. The zero-order valence-corrected chi connectivity index (χ0v) is 19.3. The van der Waals surface area contributed by atoms with E-state index in [1.165, 1.54) is 18.9 Å². The molecule has 6 nitrogen and oxygen atoms in total. The van der Waals surface area contributed by atoms with Crippen LogP contribution in [0.5, 0.6) is 11.5 Å². The minimum atomic E-state index is -4.21. The first-order chi connectivity index (χ1) is 13.3. The molecule has 0 aromatic heterocycles. The highest BCUT2D eigenvalue weighted by atomic mass is 127. The molecule has 1 atom stereocenters. The maximum atomic E-state index is 12.9. The smallest absolute Gasteiger partial charge is 0.403 e. The summed E-state index contributed by atoms with van der Waals surface area (Å²) in [4.78, 5) is 8.02. The first-order valence-electron chi connectivity index (χ1n) is 9.46. The Hall–Kier alpha value is -1.43. The number of hydrogen-bond acceptors (Lipinski definition) is 4. The maximum Gasteiger partial charge on any atom is 0.403 e. The molecule has 1 fully saturated rings. The fourth-order valence-corrected chi connectivity index (χ4v) is 3.17. The Balaban J connectivity index is 0.00000420. The molecule has 1 aromatic rings. The second-order valence-corrected chi connectivity index (χ2v) is 6.69. The van der Waals surface area contributed by atoms with Gasteiger partial charge in [-0.2, -0.15) is 13.2 Å². The largest absolute Gasteiger partial charge is 0.504 e. The Labute approximate surface area is 187 Å². The Morgan fingerprint density at radius 2 is 1.93 bits per heavy atom. The third kappa shape index (κ3) is 7.09. The molecular formula is C19H30F3IN4O2. The van der Waals surface area contributed by atoms with Crippen LogP contribution in [0.15, 0.2) is 23.2 Å². The predicted molar refractivity (Wildman–Crippen MR) is 118 cm³/mol. The number of halogens is 4. The number of guanidine groups is 1. The van der Waals surface area contributed by atoms with Crippen molar-refractivity contribution in [2.24, 2.45) is 4.99 Å². The standard InChI is InChI=1S/C19H29F3N4O2.HI/c1-4-23-18(24-9-8-15-6-5-7-16(28-3)17(15)27)26-12-10-25(11-13-26)14(2)19(20,21)22;/h5-7,14,27H,4,8-13H2,1-3H3,(H,23,24);1H. The minimum Gasteiger partial charge on any atom is -0.504 e. The molecule has 2 N–H and O–H groups in total. The number of para-hydroxylation sites is 1. The van der Waals surface area contributed by atoms with Gasteiger partial charge in [-0.1, -0.05) is 12.1 Å². The SMILES string of the molecule is CCNC(=NCCc1cccc(OC)c1O)N1CCN(C(C)C(F)(F)F)CC1.I. The number of piperazine rings is 1. The summed E-state index contributed by atoms with van der Waals surface area (Å²) in [6, 6.07) is 3.87. The van der Waals surface area contributed by atoms with E-state index >= 15 is 0 Å². The van der Waals surface area contributed by atoms with E-state index in [0.29, 0.717) is 57.4 Å². The first kappa shape index (κ1) is 25.6. The second-order valence-electron chi connectivity index (χ2n) is 6.69. The van der Waals surface area contributed by atoms with Crippen LogP contribution in [0.2, 0.25) is 0 Å². The van der Waals surface area contributed by atoms with Crippen molar-refractivity contribution < 1.29 is 23.0 Å². The number of nitrogens with one attached hydrogen (secondary N) is 1. The lowest BCUT2D eigenvalue weighted by Crippen LogP contribution is -2.56. The quantitative estimate of drug-likeness (QED) is 0.337. The molecule has 1 aliphatic heterocycles. The van der Waals surface area contributed by atoms with Gasteiger partial charge in [0, 0.05) is 39.3 Å². The Bertz CT molecular complexity index is 665. The van der Waals surface area contributed by atoms with Gasteiger partial charge in [0.2, 0.25) is 0 Å². The molecule has 166 valence electrons. The van der Waals surface area contributed by atoms with E-state index in [1.54, 1.807) is 6.07 Å². The van der Waals surface area contributed by atoms with E-state index in [1.807, 2.05) is 24.0 Å².